The fraction of sp³-hybridized carbons (Fsp3) is 0.625. The van der Waals surface area contributed by atoms with Crippen molar-refractivity contribution in [2.75, 3.05) is 6.54 Å². The maximum Gasteiger partial charge on any atom is 0.282 e. The van der Waals surface area contributed by atoms with Gasteiger partial charge in [0.2, 0.25) is 0 Å². The summed E-state index contributed by atoms with van der Waals surface area (Å²) in [6, 6.07) is 7.57. The van der Waals surface area contributed by atoms with Gasteiger partial charge in [0.1, 0.15) is 0 Å². The smallest absolute Gasteiger partial charge is 0.282 e. The van der Waals surface area contributed by atoms with Gasteiger partial charge in [-0.1, -0.05) is 44.7 Å². The number of para-hydroxylation sites is 1. The summed E-state index contributed by atoms with van der Waals surface area (Å²) < 4.78 is 0. The Labute approximate surface area is 130 Å². The van der Waals surface area contributed by atoms with E-state index in [1.165, 1.54) is 32.1 Å². The highest BCUT2D eigenvalue weighted by atomic mass is 32.2. The summed E-state index contributed by atoms with van der Waals surface area (Å²) in [5, 5.41) is 15.2. The van der Waals surface area contributed by atoms with Crippen molar-refractivity contribution in [1.29, 1.82) is 0 Å². The van der Waals surface area contributed by atoms with Gasteiger partial charge in [-0.3, -0.25) is 10.1 Å². The number of benzene rings is 1. The van der Waals surface area contributed by atoms with Crippen LogP contribution in [0.1, 0.15) is 45.4 Å². The molecule has 1 saturated carbocycles. The van der Waals surface area contributed by atoms with E-state index in [0.717, 1.165) is 17.9 Å². The van der Waals surface area contributed by atoms with Crippen LogP contribution >= 0.6 is 11.8 Å². The van der Waals surface area contributed by atoms with Crippen LogP contribution in [0.25, 0.3) is 0 Å². The minimum absolute atomic E-state index is 0.236. The Kier molecular flexibility index (Phi) is 6.51. The zero-order chi connectivity index (χ0) is 15.1. The van der Waals surface area contributed by atoms with Crippen molar-refractivity contribution in [3.63, 3.8) is 0 Å². The van der Waals surface area contributed by atoms with E-state index in [-0.39, 0.29) is 10.6 Å². The maximum absolute atomic E-state index is 11.2. The summed E-state index contributed by atoms with van der Waals surface area (Å²) in [6.45, 7) is 3.09. The summed E-state index contributed by atoms with van der Waals surface area (Å²) >= 11 is 1.69. The number of nitrogens with one attached hydrogen (secondary N) is 1. The van der Waals surface area contributed by atoms with E-state index in [0.29, 0.717) is 11.3 Å². The van der Waals surface area contributed by atoms with Gasteiger partial charge in [-0.05, 0) is 25.5 Å². The molecule has 1 aromatic rings. The SMILES string of the molecule is CCNC1CCCCCCC1Sc1ccccc1[N+](=O)[O-]. The lowest BCUT2D eigenvalue weighted by atomic mass is 9.96. The van der Waals surface area contributed by atoms with Gasteiger partial charge in [0.15, 0.2) is 0 Å². The van der Waals surface area contributed by atoms with Crippen molar-refractivity contribution in [1.82, 2.24) is 5.32 Å². The van der Waals surface area contributed by atoms with Crippen LogP contribution in [0, 0.1) is 10.1 Å². The largest absolute Gasteiger partial charge is 0.313 e. The molecule has 0 radical (unpaired) electrons. The zero-order valence-electron chi connectivity index (χ0n) is 12.6. The number of thioether (sulfide) groups is 1. The van der Waals surface area contributed by atoms with Crippen molar-refractivity contribution in [3.05, 3.63) is 34.4 Å². The van der Waals surface area contributed by atoms with Crippen LogP contribution in [-0.2, 0) is 0 Å². The Morgan fingerprint density at radius 3 is 2.67 bits per heavy atom. The van der Waals surface area contributed by atoms with Crippen LogP contribution in [-0.4, -0.2) is 22.8 Å². The third-order valence-electron chi connectivity index (χ3n) is 4.01. The topological polar surface area (TPSA) is 55.2 Å². The number of nitrogens with zero attached hydrogens (tertiary/aromatic N) is 1. The van der Waals surface area contributed by atoms with Gasteiger partial charge in [-0.25, -0.2) is 0 Å². The molecule has 116 valence electrons. The highest BCUT2D eigenvalue weighted by molar-refractivity contribution is 8.00. The van der Waals surface area contributed by atoms with Gasteiger partial charge in [-0.15, -0.1) is 11.8 Å². The molecule has 1 N–H and O–H groups in total. The lowest BCUT2D eigenvalue weighted by Gasteiger charge is -2.29. The summed E-state index contributed by atoms with van der Waals surface area (Å²) in [4.78, 5) is 11.7. The molecule has 0 amide bonds. The number of nitro groups is 1. The molecule has 1 aromatic carbocycles. The molecule has 1 fully saturated rings. The molecule has 2 unspecified atom stereocenters. The second kappa shape index (κ2) is 8.39. The molecule has 0 heterocycles. The molecule has 21 heavy (non-hydrogen) atoms. The Morgan fingerprint density at radius 1 is 1.24 bits per heavy atom. The lowest BCUT2D eigenvalue weighted by molar-refractivity contribution is -0.387. The second-order valence-corrected chi connectivity index (χ2v) is 6.82. The van der Waals surface area contributed by atoms with Crippen molar-refractivity contribution in [3.8, 4) is 0 Å². The van der Waals surface area contributed by atoms with Crippen LogP contribution in [0.2, 0.25) is 0 Å². The molecule has 1 aliphatic carbocycles. The Balaban J connectivity index is 2.15. The number of nitro benzene ring substituents is 1. The monoisotopic (exact) mass is 308 g/mol. The van der Waals surface area contributed by atoms with E-state index in [1.54, 1.807) is 23.9 Å². The van der Waals surface area contributed by atoms with Crippen LogP contribution in [0.3, 0.4) is 0 Å². The van der Waals surface area contributed by atoms with E-state index in [9.17, 15) is 10.1 Å². The van der Waals surface area contributed by atoms with E-state index < -0.39 is 0 Å². The Bertz CT molecular complexity index is 467. The average molecular weight is 308 g/mol. The molecule has 0 saturated heterocycles. The van der Waals surface area contributed by atoms with E-state index in [4.69, 9.17) is 0 Å². The number of hydrogen-bond donors (Lipinski definition) is 1. The van der Waals surface area contributed by atoms with E-state index >= 15 is 0 Å². The van der Waals surface area contributed by atoms with Crippen LogP contribution < -0.4 is 5.32 Å². The predicted octanol–water partition coefficient (Wildman–Crippen LogP) is 4.39. The molecule has 4 nitrogen and oxygen atoms in total. The van der Waals surface area contributed by atoms with Gasteiger partial charge in [-0.2, -0.15) is 0 Å². The minimum atomic E-state index is -0.270. The summed E-state index contributed by atoms with van der Waals surface area (Å²) in [7, 11) is 0. The van der Waals surface area contributed by atoms with Gasteiger partial charge < -0.3 is 5.32 Å². The first-order valence-electron chi connectivity index (χ1n) is 7.86. The van der Waals surface area contributed by atoms with Gasteiger partial charge in [0, 0.05) is 17.4 Å². The molecular formula is C16H24N2O2S. The second-order valence-electron chi connectivity index (χ2n) is 5.54. The first kappa shape index (κ1) is 16.3. The van der Waals surface area contributed by atoms with Crippen LogP contribution in [0.5, 0.6) is 0 Å². The third kappa shape index (κ3) is 4.71. The Morgan fingerprint density at radius 2 is 1.95 bits per heavy atom. The summed E-state index contributed by atoms with van der Waals surface area (Å²) in [6.07, 6.45) is 7.38. The molecule has 0 aromatic heterocycles. The normalized spacial score (nSPS) is 23.3. The van der Waals surface area contributed by atoms with Crippen LogP contribution in [0.15, 0.2) is 29.2 Å². The van der Waals surface area contributed by atoms with Gasteiger partial charge in [0.25, 0.3) is 5.69 Å². The van der Waals surface area contributed by atoms with Gasteiger partial charge in [0.05, 0.1) is 9.82 Å². The molecule has 5 heteroatoms. The van der Waals surface area contributed by atoms with Crippen molar-refractivity contribution in [2.24, 2.45) is 0 Å². The lowest BCUT2D eigenvalue weighted by Crippen LogP contribution is -2.38. The highest BCUT2D eigenvalue weighted by Crippen LogP contribution is 2.37. The van der Waals surface area contributed by atoms with E-state index in [1.807, 2.05) is 12.1 Å². The first-order valence-corrected chi connectivity index (χ1v) is 8.73. The molecule has 1 aliphatic rings. The highest BCUT2D eigenvalue weighted by Gasteiger charge is 2.25. The summed E-state index contributed by atoms with van der Waals surface area (Å²) in [5.74, 6) is 0. The fourth-order valence-corrected chi connectivity index (χ4v) is 4.39. The zero-order valence-corrected chi connectivity index (χ0v) is 13.4. The third-order valence-corrected chi connectivity index (χ3v) is 5.48. The van der Waals surface area contributed by atoms with Crippen molar-refractivity contribution in [2.45, 2.75) is 61.6 Å². The standard InChI is InChI=1S/C16H24N2O2S/c1-2-17-13-9-5-3-4-6-11-15(13)21-16-12-8-7-10-14(16)18(19)20/h7-8,10,12-13,15,17H,2-6,9,11H2,1H3. The molecule has 0 bridgehead atoms. The first-order chi connectivity index (χ1) is 10.2. The predicted molar refractivity (Wildman–Crippen MR) is 87.9 cm³/mol. The molecule has 2 atom stereocenters. The van der Waals surface area contributed by atoms with Crippen molar-refractivity contribution >= 4 is 17.4 Å². The fourth-order valence-electron chi connectivity index (χ4n) is 2.96. The molecule has 2 rings (SSSR count). The molecule has 0 aliphatic heterocycles. The maximum atomic E-state index is 11.2. The van der Waals surface area contributed by atoms with Crippen LogP contribution in [0.4, 0.5) is 5.69 Å². The average Bonchev–Trinajstić information content (AvgIpc) is 2.46. The summed E-state index contributed by atoms with van der Waals surface area (Å²) in [5.41, 5.74) is 0.236. The number of hydrogen-bond acceptors (Lipinski definition) is 4. The number of rotatable bonds is 5. The van der Waals surface area contributed by atoms with Gasteiger partial charge >= 0.3 is 0 Å². The molecular weight excluding hydrogens is 284 g/mol. The quantitative estimate of drug-likeness (QED) is 0.647. The van der Waals surface area contributed by atoms with Crippen molar-refractivity contribution < 1.29 is 4.92 Å². The molecule has 0 spiro atoms. The Hall–Kier alpha value is -1.07. The van der Waals surface area contributed by atoms with E-state index in [2.05, 4.69) is 12.2 Å². The minimum Gasteiger partial charge on any atom is -0.313 e.